The van der Waals surface area contributed by atoms with Gasteiger partial charge in [0.2, 0.25) is 0 Å². The third kappa shape index (κ3) is 12.0. The second-order valence-corrected chi connectivity index (χ2v) is 27.8. The van der Waals surface area contributed by atoms with Gasteiger partial charge in [0.25, 0.3) is 0 Å². The van der Waals surface area contributed by atoms with Crippen molar-refractivity contribution in [3.63, 3.8) is 0 Å². The van der Waals surface area contributed by atoms with Crippen molar-refractivity contribution in [3.05, 3.63) is 393 Å². The summed E-state index contributed by atoms with van der Waals surface area (Å²) in [4.78, 5) is 0. The summed E-state index contributed by atoms with van der Waals surface area (Å²) in [5.41, 5.74) is 17.5. The van der Waals surface area contributed by atoms with Gasteiger partial charge in [0.05, 0.1) is 0 Å². The first-order chi connectivity index (χ1) is 51.3. The average Bonchev–Trinajstić information content (AvgIpc) is 0.737. The highest BCUT2D eigenvalue weighted by molar-refractivity contribution is 9.10. The maximum Gasteiger partial charge on any atom is 0.489 e. The van der Waals surface area contributed by atoms with Gasteiger partial charge in [0, 0.05) is 4.47 Å². The molecule has 0 aromatic heterocycles. The largest absolute Gasteiger partial charge is 0.489 e. The Hall–Kier alpha value is -12.5. The van der Waals surface area contributed by atoms with Gasteiger partial charge in [-0.1, -0.05) is 356 Å². The summed E-state index contributed by atoms with van der Waals surface area (Å²) in [5.74, 6) is 0. The fourth-order valence-electron chi connectivity index (χ4n) is 15.8. The highest BCUT2D eigenvalue weighted by Gasteiger charge is 2.23. The smallest absolute Gasteiger partial charge is 0.423 e. The molecule has 20 aromatic carbocycles. The lowest BCUT2D eigenvalue weighted by Gasteiger charge is -2.18. The minimum atomic E-state index is -1.54. The zero-order chi connectivity index (χ0) is 69.6. The van der Waals surface area contributed by atoms with E-state index in [0.29, 0.717) is 5.46 Å². The average molecular weight is 1390 g/mol. The lowest BCUT2D eigenvalue weighted by Crippen LogP contribution is -2.31. The molecule has 488 valence electrons. The van der Waals surface area contributed by atoms with Crippen LogP contribution < -0.4 is 5.46 Å². The minimum Gasteiger partial charge on any atom is -0.423 e. The molecule has 2 nitrogen and oxygen atoms in total. The van der Waals surface area contributed by atoms with E-state index in [4.69, 9.17) is 0 Å². The van der Waals surface area contributed by atoms with E-state index >= 15 is 0 Å². The Morgan fingerprint density at radius 1 is 0.163 bits per heavy atom. The fourth-order valence-corrected chi connectivity index (χ4v) is 16.1. The molecule has 0 saturated heterocycles. The van der Waals surface area contributed by atoms with E-state index in [1.807, 2.05) is 36.4 Å². The van der Waals surface area contributed by atoms with Gasteiger partial charge >= 0.3 is 7.12 Å². The van der Waals surface area contributed by atoms with Gasteiger partial charge in [-0.15, -0.1) is 0 Å². The highest BCUT2D eigenvalue weighted by Crippen LogP contribution is 2.46. The topological polar surface area (TPSA) is 40.5 Å². The molecule has 0 amide bonds. The zero-order valence-electron chi connectivity index (χ0n) is 56.8. The Kier molecular flexibility index (Phi) is 16.8. The van der Waals surface area contributed by atoms with Gasteiger partial charge < -0.3 is 10.0 Å². The molecule has 0 bridgehead atoms. The van der Waals surface area contributed by atoms with Crippen molar-refractivity contribution >= 4 is 136 Å². The Morgan fingerprint density at radius 2 is 0.413 bits per heavy atom. The molecule has 20 aromatic rings. The van der Waals surface area contributed by atoms with E-state index < -0.39 is 7.12 Å². The Bertz CT molecular complexity index is 6600. The Labute approximate surface area is 612 Å². The Balaban J connectivity index is 0.000000122. The van der Waals surface area contributed by atoms with Crippen LogP contribution in [0.5, 0.6) is 0 Å². The van der Waals surface area contributed by atoms with E-state index in [-0.39, 0.29) is 0 Å². The van der Waals surface area contributed by atoms with Crippen molar-refractivity contribution in [2.75, 3.05) is 0 Å². The molecule has 0 aliphatic rings. The third-order valence-electron chi connectivity index (χ3n) is 20.8. The predicted octanol–water partition coefficient (Wildman–Crippen LogP) is 26.7. The van der Waals surface area contributed by atoms with Crippen molar-refractivity contribution in [2.45, 2.75) is 0 Å². The summed E-state index contributed by atoms with van der Waals surface area (Å²) in [6, 6.07) is 139. The molecule has 4 heteroatoms. The molecular formula is C100H66BBrO2. The lowest BCUT2D eigenvalue weighted by molar-refractivity contribution is 0.426. The molecular weight excluding hydrogens is 1320 g/mol. The summed E-state index contributed by atoms with van der Waals surface area (Å²) in [6.07, 6.45) is 0. The van der Waals surface area contributed by atoms with Gasteiger partial charge in [-0.05, 0) is 240 Å². The van der Waals surface area contributed by atoms with Crippen LogP contribution in [0.3, 0.4) is 0 Å². The van der Waals surface area contributed by atoms with Gasteiger partial charge in [0.1, 0.15) is 0 Å². The van der Waals surface area contributed by atoms with Crippen molar-refractivity contribution in [1.29, 1.82) is 0 Å². The summed E-state index contributed by atoms with van der Waals surface area (Å²) in [7, 11) is -1.54. The number of hydrogen-bond donors (Lipinski definition) is 2. The first-order valence-corrected chi connectivity index (χ1v) is 36.2. The van der Waals surface area contributed by atoms with Crippen LogP contribution in [0.2, 0.25) is 0 Å². The van der Waals surface area contributed by atoms with Crippen LogP contribution in [0.4, 0.5) is 0 Å². The quantitative estimate of drug-likeness (QED) is 0.0904. The maximum absolute atomic E-state index is 10.2. The normalized spacial score (nSPS) is 11.4. The highest BCUT2D eigenvalue weighted by atomic mass is 79.9. The molecule has 20 rings (SSSR count). The van der Waals surface area contributed by atoms with Crippen molar-refractivity contribution < 1.29 is 10.0 Å². The van der Waals surface area contributed by atoms with Crippen LogP contribution in [0, 0.1) is 0 Å². The molecule has 0 unspecified atom stereocenters. The fraction of sp³-hybridized carbons (Fsp3) is 0. The van der Waals surface area contributed by atoms with Gasteiger partial charge in [-0.2, -0.15) is 0 Å². The van der Waals surface area contributed by atoms with Crippen LogP contribution >= 0.6 is 15.9 Å². The maximum atomic E-state index is 10.2. The van der Waals surface area contributed by atoms with Crippen LogP contribution in [0.15, 0.2) is 393 Å². The first-order valence-electron chi connectivity index (χ1n) is 35.4. The monoisotopic (exact) mass is 1390 g/mol. The second kappa shape index (κ2) is 27.4. The van der Waals surface area contributed by atoms with Crippen LogP contribution in [-0.4, -0.2) is 17.2 Å². The van der Waals surface area contributed by atoms with E-state index in [1.165, 1.54) is 147 Å². The number of benzene rings is 20. The number of fused-ring (bicyclic) bond motifs is 12. The van der Waals surface area contributed by atoms with Gasteiger partial charge in [-0.25, -0.2) is 0 Å². The predicted molar refractivity (Wildman–Crippen MR) is 450 cm³/mol. The second-order valence-electron chi connectivity index (χ2n) is 26.9. The van der Waals surface area contributed by atoms with Gasteiger partial charge in [-0.3, -0.25) is 0 Å². The zero-order valence-corrected chi connectivity index (χ0v) is 58.4. The van der Waals surface area contributed by atoms with Crippen LogP contribution in [0.25, 0.3) is 186 Å². The first kappa shape index (κ1) is 63.6. The molecule has 0 aliphatic heterocycles. The van der Waals surface area contributed by atoms with E-state index in [1.54, 1.807) is 0 Å². The molecule has 0 spiro atoms. The molecule has 0 heterocycles. The standard InChI is InChI=1S/C50H32.C30H21BO2.C20H13Br/c1-2-12-37-30-40(26-22-33(37)10-1)38-13-9-14-42(32-38)50-47-18-7-5-16-45(47)49(46-17-6-8-19-48(46)50)36-24-20-34(21-25-36)39-28-29-44-41(31-39)27-23-35-11-3-4-15-43(35)44;32-31(33)30-27-14-5-3-12-25(27)29(26-13-4-6-15-28(26)30)24-11-7-10-22(19-24)23-17-16-20-8-1-2-9-21(20)18-23;21-18-10-7-14(8-11-18)16-9-12-20-17(13-16)6-5-15-3-1-2-4-19(15)20/h1-32H;1-19,32-33H;1-13H. The van der Waals surface area contributed by atoms with Crippen molar-refractivity contribution in [3.8, 4) is 77.9 Å². The lowest BCUT2D eigenvalue weighted by atomic mass is 9.72. The summed E-state index contributed by atoms with van der Waals surface area (Å²) >= 11 is 3.48. The third-order valence-corrected chi connectivity index (χ3v) is 21.3. The number of rotatable bonds is 8. The van der Waals surface area contributed by atoms with Crippen LogP contribution in [0.1, 0.15) is 0 Å². The molecule has 2 N–H and O–H groups in total. The molecule has 0 fully saturated rings. The molecule has 0 saturated carbocycles. The van der Waals surface area contributed by atoms with Crippen molar-refractivity contribution in [2.24, 2.45) is 0 Å². The molecule has 104 heavy (non-hydrogen) atoms. The summed E-state index contributed by atoms with van der Waals surface area (Å²) < 4.78 is 1.11. The molecule has 0 atom stereocenters. The van der Waals surface area contributed by atoms with E-state index in [0.717, 1.165) is 42.7 Å². The Morgan fingerprint density at radius 3 is 0.827 bits per heavy atom. The molecule has 0 aliphatic carbocycles. The van der Waals surface area contributed by atoms with E-state index in [2.05, 4.69) is 368 Å². The summed E-state index contributed by atoms with van der Waals surface area (Å²) in [6.45, 7) is 0. The van der Waals surface area contributed by atoms with Gasteiger partial charge in [0.15, 0.2) is 0 Å². The summed E-state index contributed by atoms with van der Waals surface area (Å²) in [5, 5.41) is 44.6. The SMILES string of the molecule is Brc1ccc(-c2ccc3c(ccc4ccccc43)c2)cc1.OB(O)c1c2ccccc2c(-c2cccc(-c3ccc4ccccc4c3)c2)c2ccccc12.c1cc(-c2ccc3ccccc3c2)cc(-c2c3ccccc3c(-c3ccc(-c4ccc5c(ccc6ccccc65)c4)cc3)c3ccccc23)c1. The van der Waals surface area contributed by atoms with E-state index in [9.17, 15) is 10.0 Å². The molecule has 0 radical (unpaired) electrons. The van der Waals surface area contributed by atoms with Crippen molar-refractivity contribution in [1.82, 2.24) is 0 Å². The minimum absolute atomic E-state index is 0.552. The number of hydrogen-bond acceptors (Lipinski definition) is 2. The number of halogens is 1. The van der Waals surface area contributed by atoms with Crippen LogP contribution in [-0.2, 0) is 0 Å².